The molecule has 2 aromatic carbocycles. The predicted molar refractivity (Wildman–Crippen MR) is 111 cm³/mol. The molecule has 29 heavy (non-hydrogen) atoms. The minimum absolute atomic E-state index is 0.00721. The third-order valence-corrected chi connectivity index (χ3v) is 5.59. The monoisotopic (exact) mass is 393 g/mol. The molecule has 4 rings (SSSR count). The van der Waals surface area contributed by atoms with Crippen molar-refractivity contribution in [3.8, 4) is 0 Å². The van der Waals surface area contributed by atoms with Crippen molar-refractivity contribution >= 4 is 11.8 Å². The first-order valence-electron chi connectivity index (χ1n) is 10.2. The van der Waals surface area contributed by atoms with Crippen LogP contribution in [0.3, 0.4) is 0 Å². The highest BCUT2D eigenvalue weighted by atomic mass is 16.5. The van der Waals surface area contributed by atoms with E-state index >= 15 is 0 Å². The van der Waals surface area contributed by atoms with Crippen LogP contribution in [0.1, 0.15) is 20.7 Å². The fraction of sp³-hybridized carbons (Fsp3) is 0.391. The predicted octanol–water partition coefficient (Wildman–Crippen LogP) is 1.99. The number of carbonyl (C=O) groups excluding carboxylic acids is 2. The molecule has 2 fully saturated rings. The summed E-state index contributed by atoms with van der Waals surface area (Å²) in [7, 11) is 0. The maximum atomic E-state index is 12.7. The summed E-state index contributed by atoms with van der Waals surface area (Å²) in [4.78, 5) is 31.4. The molecule has 0 spiro atoms. The lowest BCUT2D eigenvalue weighted by Crippen LogP contribution is -2.54. The van der Waals surface area contributed by atoms with E-state index in [0.29, 0.717) is 32.8 Å². The van der Waals surface area contributed by atoms with Crippen LogP contribution < -0.4 is 0 Å². The molecule has 2 aromatic rings. The molecule has 0 aliphatic carbocycles. The van der Waals surface area contributed by atoms with Crippen LogP contribution in [0.25, 0.3) is 0 Å². The van der Waals surface area contributed by atoms with Gasteiger partial charge in [0, 0.05) is 56.9 Å². The van der Waals surface area contributed by atoms with E-state index in [1.165, 1.54) is 0 Å². The van der Waals surface area contributed by atoms with Crippen molar-refractivity contribution in [1.82, 2.24) is 14.7 Å². The van der Waals surface area contributed by atoms with Crippen molar-refractivity contribution in [3.05, 3.63) is 71.8 Å². The lowest BCUT2D eigenvalue weighted by Gasteiger charge is -2.39. The quantitative estimate of drug-likeness (QED) is 0.797. The van der Waals surface area contributed by atoms with Crippen molar-refractivity contribution < 1.29 is 14.3 Å². The molecule has 0 bridgehead atoms. The minimum Gasteiger partial charge on any atom is -0.373 e. The van der Waals surface area contributed by atoms with Crippen LogP contribution in [0.15, 0.2) is 60.7 Å². The van der Waals surface area contributed by atoms with Crippen LogP contribution in [0.2, 0.25) is 0 Å². The maximum absolute atomic E-state index is 12.7. The number of amides is 2. The van der Waals surface area contributed by atoms with Crippen molar-refractivity contribution in [1.29, 1.82) is 0 Å². The third-order valence-electron chi connectivity index (χ3n) is 5.59. The minimum atomic E-state index is 0.00721. The topological polar surface area (TPSA) is 53.1 Å². The van der Waals surface area contributed by atoms with Gasteiger partial charge in [-0.25, -0.2) is 0 Å². The van der Waals surface area contributed by atoms with E-state index in [4.69, 9.17) is 4.74 Å². The molecule has 2 amide bonds. The van der Waals surface area contributed by atoms with E-state index < -0.39 is 0 Å². The van der Waals surface area contributed by atoms with Gasteiger partial charge in [-0.15, -0.1) is 0 Å². The lowest BCUT2D eigenvalue weighted by molar-refractivity contribution is -0.0399. The van der Waals surface area contributed by atoms with E-state index in [1.807, 2.05) is 70.5 Å². The smallest absolute Gasteiger partial charge is 0.254 e. The Hall–Kier alpha value is -2.70. The highest BCUT2D eigenvalue weighted by Gasteiger charge is 2.28. The first-order valence-corrected chi connectivity index (χ1v) is 10.2. The average Bonchev–Trinajstić information content (AvgIpc) is 2.80. The Morgan fingerprint density at radius 3 is 1.90 bits per heavy atom. The van der Waals surface area contributed by atoms with E-state index in [0.717, 1.165) is 30.8 Å². The van der Waals surface area contributed by atoms with Crippen LogP contribution in [0.5, 0.6) is 0 Å². The first kappa shape index (κ1) is 19.6. The summed E-state index contributed by atoms with van der Waals surface area (Å²) in [5.41, 5.74) is 1.47. The van der Waals surface area contributed by atoms with E-state index in [1.54, 1.807) is 0 Å². The summed E-state index contributed by atoms with van der Waals surface area (Å²) in [6, 6.07) is 18.9. The first-order chi connectivity index (χ1) is 14.2. The molecule has 0 N–H and O–H groups in total. The zero-order chi connectivity index (χ0) is 20.1. The van der Waals surface area contributed by atoms with Crippen LogP contribution in [0, 0.1) is 0 Å². The van der Waals surface area contributed by atoms with Crippen LogP contribution in [-0.4, -0.2) is 85.0 Å². The largest absolute Gasteiger partial charge is 0.373 e. The van der Waals surface area contributed by atoms with E-state index in [9.17, 15) is 9.59 Å². The fourth-order valence-corrected chi connectivity index (χ4v) is 3.96. The molecule has 6 heteroatoms. The second-order valence-corrected chi connectivity index (χ2v) is 7.57. The Bertz CT molecular complexity index is 820. The Kier molecular flexibility index (Phi) is 6.22. The van der Waals surface area contributed by atoms with Crippen molar-refractivity contribution in [2.45, 2.75) is 6.10 Å². The normalized spacial score (nSPS) is 20.5. The number of hydrogen-bond acceptors (Lipinski definition) is 4. The van der Waals surface area contributed by atoms with Crippen LogP contribution in [0.4, 0.5) is 0 Å². The van der Waals surface area contributed by atoms with Crippen molar-refractivity contribution in [3.63, 3.8) is 0 Å². The second kappa shape index (κ2) is 9.20. The van der Waals surface area contributed by atoms with Crippen molar-refractivity contribution in [2.75, 3.05) is 52.4 Å². The van der Waals surface area contributed by atoms with Gasteiger partial charge in [-0.1, -0.05) is 36.4 Å². The molecule has 2 saturated heterocycles. The molecule has 2 aliphatic heterocycles. The summed E-state index contributed by atoms with van der Waals surface area (Å²) in [6.07, 6.45) is 0.00721. The van der Waals surface area contributed by atoms with Crippen molar-refractivity contribution in [2.24, 2.45) is 0 Å². The van der Waals surface area contributed by atoms with Gasteiger partial charge < -0.3 is 14.5 Å². The van der Waals surface area contributed by atoms with Gasteiger partial charge in [-0.2, -0.15) is 0 Å². The van der Waals surface area contributed by atoms with Gasteiger partial charge in [0.15, 0.2) is 0 Å². The number of hydrogen-bond donors (Lipinski definition) is 0. The molecular weight excluding hydrogens is 366 g/mol. The van der Waals surface area contributed by atoms with Gasteiger partial charge in [-0.05, 0) is 24.3 Å². The number of morpholine rings is 1. The average molecular weight is 393 g/mol. The number of piperazine rings is 1. The molecule has 6 nitrogen and oxygen atoms in total. The zero-order valence-electron chi connectivity index (χ0n) is 16.6. The molecule has 0 saturated carbocycles. The lowest BCUT2D eigenvalue weighted by atomic mass is 10.1. The number of nitrogens with zero attached hydrogens (tertiary/aromatic N) is 3. The summed E-state index contributed by atoms with van der Waals surface area (Å²) in [5, 5.41) is 0. The standard InChI is InChI=1S/C23H27N3O3/c27-22(19-7-3-1-4-8-19)25-13-11-24(12-14-25)17-21-18-26(15-16-29-21)23(28)20-9-5-2-6-10-20/h1-10,21H,11-18H2. The number of benzene rings is 2. The molecule has 1 unspecified atom stereocenters. The number of carbonyl (C=O) groups is 2. The molecule has 0 radical (unpaired) electrons. The maximum Gasteiger partial charge on any atom is 0.254 e. The Morgan fingerprint density at radius 1 is 0.759 bits per heavy atom. The summed E-state index contributed by atoms with van der Waals surface area (Å²) in [6.45, 7) is 5.67. The number of ether oxygens (including phenoxy) is 1. The van der Waals surface area contributed by atoms with Gasteiger partial charge in [0.05, 0.1) is 12.7 Å². The van der Waals surface area contributed by atoms with Gasteiger partial charge in [0.1, 0.15) is 0 Å². The van der Waals surface area contributed by atoms with Gasteiger partial charge in [-0.3, -0.25) is 14.5 Å². The molecular formula is C23H27N3O3. The third kappa shape index (κ3) is 4.83. The molecule has 1 atom stereocenters. The second-order valence-electron chi connectivity index (χ2n) is 7.57. The van der Waals surface area contributed by atoms with Gasteiger partial charge in [0.25, 0.3) is 11.8 Å². The Balaban J connectivity index is 1.27. The summed E-state index contributed by atoms with van der Waals surface area (Å²) < 4.78 is 5.92. The summed E-state index contributed by atoms with van der Waals surface area (Å²) in [5.74, 6) is 0.163. The Morgan fingerprint density at radius 2 is 1.31 bits per heavy atom. The number of rotatable bonds is 4. The summed E-state index contributed by atoms with van der Waals surface area (Å²) >= 11 is 0. The van der Waals surface area contributed by atoms with Gasteiger partial charge in [0.2, 0.25) is 0 Å². The molecule has 152 valence electrons. The highest BCUT2D eigenvalue weighted by Crippen LogP contribution is 2.14. The van der Waals surface area contributed by atoms with E-state index in [2.05, 4.69) is 4.90 Å². The molecule has 2 aliphatic rings. The van der Waals surface area contributed by atoms with E-state index in [-0.39, 0.29) is 17.9 Å². The van der Waals surface area contributed by atoms with Crippen LogP contribution in [-0.2, 0) is 4.74 Å². The SMILES string of the molecule is O=C(c1ccccc1)N1CCN(CC2CN(C(=O)c3ccccc3)CCO2)CC1. The Labute approximate surface area is 171 Å². The highest BCUT2D eigenvalue weighted by molar-refractivity contribution is 5.94. The van der Waals surface area contributed by atoms with Crippen LogP contribution >= 0.6 is 0 Å². The fourth-order valence-electron chi connectivity index (χ4n) is 3.96. The molecule has 0 aromatic heterocycles. The molecule has 2 heterocycles. The zero-order valence-corrected chi connectivity index (χ0v) is 16.6. The van der Waals surface area contributed by atoms with Gasteiger partial charge >= 0.3 is 0 Å².